The average Bonchev–Trinajstić information content (AvgIpc) is 2.55. The molecular formula is C15H18N4O2S. The molecule has 0 atom stereocenters. The van der Waals surface area contributed by atoms with Crippen LogP contribution in [0.2, 0.25) is 0 Å². The van der Waals surface area contributed by atoms with Gasteiger partial charge in [0.1, 0.15) is 4.90 Å². The van der Waals surface area contributed by atoms with Gasteiger partial charge in [-0.25, -0.2) is 23.5 Å². The maximum atomic E-state index is 11.2. The van der Waals surface area contributed by atoms with Crippen LogP contribution in [0.25, 0.3) is 0 Å². The number of hydrogen-bond acceptors (Lipinski definition) is 5. The quantitative estimate of drug-likeness (QED) is 0.926. The summed E-state index contributed by atoms with van der Waals surface area (Å²) in [5.74, 6) is 1.11. The number of rotatable bonds is 3. The summed E-state index contributed by atoms with van der Waals surface area (Å²) in [5.41, 5.74) is 1.37. The van der Waals surface area contributed by atoms with Gasteiger partial charge in [0.2, 0.25) is 16.0 Å². The second-order valence-corrected chi connectivity index (χ2v) is 7.00. The molecule has 6 nitrogen and oxygen atoms in total. The van der Waals surface area contributed by atoms with Crippen molar-refractivity contribution in [2.24, 2.45) is 5.14 Å². The van der Waals surface area contributed by atoms with Gasteiger partial charge in [0.05, 0.1) is 12.4 Å². The highest BCUT2D eigenvalue weighted by Gasteiger charge is 2.22. The van der Waals surface area contributed by atoms with Crippen LogP contribution in [-0.4, -0.2) is 31.5 Å². The van der Waals surface area contributed by atoms with E-state index in [9.17, 15) is 8.42 Å². The molecule has 1 saturated heterocycles. The minimum Gasteiger partial charge on any atom is -0.341 e. The topological polar surface area (TPSA) is 89.2 Å². The van der Waals surface area contributed by atoms with Crippen molar-refractivity contribution >= 4 is 16.0 Å². The first kappa shape index (κ1) is 14.9. The van der Waals surface area contributed by atoms with Crippen molar-refractivity contribution in [2.75, 3.05) is 18.0 Å². The van der Waals surface area contributed by atoms with E-state index in [4.69, 9.17) is 5.14 Å². The first-order valence-electron chi connectivity index (χ1n) is 7.19. The first-order chi connectivity index (χ1) is 10.5. The van der Waals surface area contributed by atoms with Crippen molar-refractivity contribution in [2.45, 2.75) is 23.7 Å². The van der Waals surface area contributed by atoms with Gasteiger partial charge in [-0.2, -0.15) is 0 Å². The summed E-state index contributed by atoms with van der Waals surface area (Å²) in [7, 11) is -3.74. The van der Waals surface area contributed by atoms with E-state index in [1.54, 1.807) is 0 Å². The monoisotopic (exact) mass is 318 g/mol. The Morgan fingerprint density at radius 2 is 1.64 bits per heavy atom. The number of hydrogen-bond donors (Lipinski definition) is 1. The van der Waals surface area contributed by atoms with E-state index in [1.807, 2.05) is 6.07 Å². The third-order valence-electron chi connectivity index (χ3n) is 3.99. The summed E-state index contributed by atoms with van der Waals surface area (Å²) in [4.78, 5) is 10.3. The SMILES string of the molecule is NS(=O)(=O)c1cnc(N2CCC(c3ccccc3)CC2)nc1. The Morgan fingerprint density at radius 3 is 2.18 bits per heavy atom. The molecule has 1 aliphatic heterocycles. The molecule has 2 aromatic rings. The van der Waals surface area contributed by atoms with Crippen LogP contribution in [0.1, 0.15) is 24.3 Å². The minimum atomic E-state index is -3.74. The standard InChI is InChI=1S/C15H18N4O2S/c16-22(20,21)14-10-17-15(18-11-14)19-8-6-13(7-9-19)12-4-2-1-3-5-12/h1-5,10-11,13H,6-9H2,(H2,16,20,21). The zero-order chi connectivity index (χ0) is 15.6. The van der Waals surface area contributed by atoms with Crippen molar-refractivity contribution < 1.29 is 8.42 Å². The van der Waals surface area contributed by atoms with Crippen molar-refractivity contribution in [1.29, 1.82) is 0 Å². The number of benzene rings is 1. The van der Waals surface area contributed by atoms with Gasteiger partial charge in [0, 0.05) is 13.1 Å². The van der Waals surface area contributed by atoms with Gasteiger partial charge >= 0.3 is 0 Å². The molecule has 0 amide bonds. The maximum absolute atomic E-state index is 11.2. The Kier molecular flexibility index (Phi) is 4.08. The predicted molar refractivity (Wildman–Crippen MR) is 84.0 cm³/mol. The van der Waals surface area contributed by atoms with E-state index >= 15 is 0 Å². The zero-order valence-electron chi connectivity index (χ0n) is 12.1. The average molecular weight is 318 g/mol. The molecule has 0 spiro atoms. The van der Waals surface area contributed by atoms with Crippen LogP contribution in [0.3, 0.4) is 0 Å². The molecule has 0 radical (unpaired) electrons. The molecule has 1 aromatic carbocycles. The van der Waals surface area contributed by atoms with Crippen molar-refractivity contribution in [3.63, 3.8) is 0 Å². The van der Waals surface area contributed by atoms with E-state index in [-0.39, 0.29) is 4.90 Å². The summed E-state index contributed by atoms with van der Waals surface area (Å²) < 4.78 is 22.4. The van der Waals surface area contributed by atoms with E-state index < -0.39 is 10.0 Å². The number of piperidine rings is 1. The van der Waals surface area contributed by atoms with Crippen LogP contribution in [0.4, 0.5) is 5.95 Å². The molecule has 0 unspecified atom stereocenters. The lowest BCUT2D eigenvalue weighted by Crippen LogP contribution is -2.34. The van der Waals surface area contributed by atoms with Gasteiger partial charge < -0.3 is 4.90 Å². The van der Waals surface area contributed by atoms with Crippen LogP contribution in [0, 0.1) is 0 Å². The van der Waals surface area contributed by atoms with Crippen LogP contribution >= 0.6 is 0 Å². The number of nitrogens with two attached hydrogens (primary N) is 1. The third kappa shape index (κ3) is 3.26. The highest BCUT2D eigenvalue weighted by atomic mass is 32.2. The Labute approximate surface area is 130 Å². The lowest BCUT2D eigenvalue weighted by molar-refractivity contribution is 0.499. The van der Waals surface area contributed by atoms with Crippen molar-refractivity contribution in [3.8, 4) is 0 Å². The van der Waals surface area contributed by atoms with Crippen LogP contribution in [-0.2, 0) is 10.0 Å². The third-order valence-corrected chi connectivity index (χ3v) is 4.86. The van der Waals surface area contributed by atoms with Gasteiger partial charge in [-0.3, -0.25) is 0 Å². The van der Waals surface area contributed by atoms with Gasteiger partial charge in [0.15, 0.2) is 0 Å². The number of aromatic nitrogens is 2. The van der Waals surface area contributed by atoms with Gasteiger partial charge in [-0.1, -0.05) is 30.3 Å². The van der Waals surface area contributed by atoms with Gasteiger partial charge in [-0.05, 0) is 24.3 Å². The summed E-state index contributed by atoms with van der Waals surface area (Å²) in [5, 5.41) is 5.05. The van der Waals surface area contributed by atoms with Crippen molar-refractivity contribution in [1.82, 2.24) is 9.97 Å². The molecule has 1 fully saturated rings. The lowest BCUT2D eigenvalue weighted by Gasteiger charge is -2.32. The molecule has 7 heteroatoms. The second-order valence-electron chi connectivity index (χ2n) is 5.44. The molecule has 0 aliphatic carbocycles. The number of primary sulfonamides is 1. The van der Waals surface area contributed by atoms with Crippen LogP contribution < -0.4 is 10.0 Å². The Hall–Kier alpha value is -1.99. The molecule has 2 heterocycles. The molecular weight excluding hydrogens is 300 g/mol. The fraction of sp³-hybridized carbons (Fsp3) is 0.333. The minimum absolute atomic E-state index is 0.0598. The Bertz CT molecular complexity index is 724. The lowest BCUT2D eigenvalue weighted by atomic mass is 9.90. The normalized spacial score (nSPS) is 16.7. The second kappa shape index (κ2) is 6.02. The van der Waals surface area contributed by atoms with Gasteiger partial charge in [0.25, 0.3) is 0 Å². The summed E-state index contributed by atoms with van der Waals surface area (Å²) in [6.45, 7) is 1.71. The highest BCUT2D eigenvalue weighted by molar-refractivity contribution is 7.89. The molecule has 1 aliphatic rings. The highest BCUT2D eigenvalue weighted by Crippen LogP contribution is 2.29. The number of nitrogens with zero attached hydrogens (tertiary/aromatic N) is 3. The maximum Gasteiger partial charge on any atom is 0.241 e. The van der Waals surface area contributed by atoms with Crippen molar-refractivity contribution in [3.05, 3.63) is 48.3 Å². The van der Waals surface area contributed by atoms with E-state index in [0.29, 0.717) is 11.9 Å². The number of sulfonamides is 1. The molecule has 116 valence electrons. The van der Waals surface area contributed by atoms with Gasteiger partial charge in [-0.15, -0.1) is 0 Å². The fourth-order valence-corrected chi connectivity index (χ4v) is 3.16. The van der Waals surface area contributed by atoms with Crippen LogP contribution in [0.15, 0.2) is 47.6 Å². The molecule has 22 heavy (non-hydrogen) atoms. The predicted octanol–water partition coefficient (Wildman–Crippen LogP) is 1.51. The summed E-state index contributed by atoms with van der Waals surface area (Å²) in [6.07, 6.45) is 4.59. The molecule has 3 rings (SSSR count). The summed E-state index contributed by atoms with van der Waals surface area (Å²) >= 11 is 0. The Balaban J connectivity index is 1.66. The van der Waals surface area contributed by atoms with E-state index in [0.717, 1.165) is 25.9 Å². The molecule has 0 bridgehead atoms. The largest absolute Gasteiger partial charge is 0.341 e. The molecule has 0 saturated carbocycles. The zero-order valence-corrected chi connectivity index (χ0v) is 12.9. The van der Waals surface area contributed by atoms with E-state index in [1.165, 1.54) is 18.0 Å². The number of anilines is 1. The molecule has 2 N–H and O–H groups in total. The van der Waals surface area contributed by atoms with E-state index in [2.05, 4.69) is 39.1 Å². The van der Waals surface area contributed by atoms with Crippen LogP contribution in [0.5, 0.6) is 0 Å². The first-order valence-corrected chi connectivity index (χ1v) is 8.73. The molecule has 1 aromatic heterocycles. The Morgan fingerprint density at radius 1 is 1.05 bits per heavy atom. The fourth-order valence-electron chi connectivity index (χ4n) is 2.76. The smallest absolute Gasteiger partial charge is 0.241 e. The summed E-state index contributed by atoms with van der Waals surface area (Å²) in [6, 6.07) is 10.5.